The second-order valence-corrected chi connectivity index (χ2v) is 10.9. The standard InChI is InChI=1S/C21H24N4O4S2/c1-21(2,3)20-22-12-15(13-23-20)24-18(26)14-29-17-9-7-16(8-10-17)25(4)31(27,28)19-6-5-11-30-19/h5-13H,14H2,1-4H3,(H,24,26). The highest BCUT2D eigenvalue weighted by Gasteiger charge is 2.22. The Morgan fingerprint density at radius 3 is 2.32 bits per heavy atom. The van der Waals surface area contributed by atoms with Gasteiger partial charge in [-0.15, -0.1) is 11.3 Å². The van der Waals surface area contributed by atoms with Crippen LogP contribution in [0.5, 0.6) is 5.75 Å². The SMILES string of the molecule is CN(c1ccc(OCC(=O)Nc2cnc(C(C)(C)C)nc2)cc1)S(=O)(=O)c1cccs1. The summed E-state index contributed by atoms with van der Waals surface area (Å²) in [5.41, 5.74) is 0.799. The summed E-state index contributed by atoms with van der Waals surface area (Å²) in [6, 6.07) is 9.73. The summed E-state index contributed by atoms with van der Waals surface area (Å²) in [6.07, 6.45) is 3.12. The number of hydrogen-bond acceptors (Lipinski definition) is 7. The molecule has 1 N–H and O–H groups in total. The molecule has 0 aliphatic heterocycles. The quantitative estimate of drug-likeness (QED) is 0.577. The molecule has 1 amide bonds. The molecule has 0 fully saturated rings. The van der Waals surface area contributed by atoms with Gasteiger partial charge in [-0.2, -0.15) is 0 Å². The lowest BCUT2D eigenvalue weighted by Crippen LogP contribution is -2.25. The van der Waals surface area contributed by atoms with E-state index >= 15 is 0 Å². The smallest absolute Gasteiger partial charge is 0.273 e. The Balaban J connectivity index is 1.56. The van der Waals surface area contributed by atoms with Gasteiger partial charge in [0.1, 0.15) is 15.8 Å². The molecule has 0 spiro atoms. The highest BCUT2D eigenvalue weighted by Crippen LogP contribution is 2.26. The van der Waals surface area contributed by atoms with E-state index in [1.807, 2.05) is 20.8 Å². The van der Waals surface area contributed by atoms with E-state index in [1.165, 1.54) is 11.4 Å². The number of carbonyl (C=O) groups excluding carboxylic acids is 1. The zero-order valence-electron chi connectivity index (χ0n) is 17.7. The summed E-state index contributed by atoms with van der Waals surface area (Å²) in [5, 5.41) is 4.40. The number of nitrogens with zero attached hydrogens (tertiary/aromatic N) is 3. The molecule has 0 unspecified atom stereocenters. The van der Waals surface area contributed by atoms with Crippen molar-refractivity contribution in [3.05, 3.63) is 60.0 Å². The van der Waals surface area contributed by atoms with Crippen LogP contribution < -0.4 is 14.4 Å². The Bertz CT molecular complexity index is 1120. The molecule has 0 radical (unpaired) electrons. The van der Waals surface area contributed by atoms with Gasteiger partial charge in [-0.25, -0.2) is 18.4 Å². The average molecular weight is 461 g/mol. The topological polar surface area (TPSA) is 101 Å². The molecule has 164 valence electrons. The summed E-state index contributed by atoms with van der Waals surface area (Å²) in [5.74, 6) is 0.779. The molecule has 3 aromatic rings. The second-order valence-electron chi connectivity index (χ2n) is 7.78. The predicted octanol–water partition coefficient (Wildman–Crippen LogP) is 3.68. The Morgan fingerprint density at radius 2 is 1.77 bits per heavy atom. The molecule has 0 atom stereocenters. The maximum atomic E-state index is 12.6. The Morgan fingerprint density at radius 1 is 1.13 bits per heavy atom. The predicted molar refractivity (Wildman–Crippen MR) is 121 cm³/mol. The van der Waals surface area contributed by atoms with Crippen molar-refractivity contribution in [1.29, 1.82) is 0 Å². The number of carbonyl (C=O) groups is 1. The molecule has 0 saturated carbocycles. The van der Waals surface area contributed by atoms with Crippen molar-refractivity contribution in [1.82, 2.24) is 9.97 Å². The van der Waals surface area contributed by atoms with Crippen molar-refractivity contribution in [3.8, 4) is 5.75 Å². The minimum Gasteiger partial charge on any atom is -0.484 e. The van der Waals surface area contributed by atoms with Crippen molar-refractivity contribution >= 4 is 38.6 Å². The molecule has 0 aliphatic carbocycles. The number of ether oxygens (including phenoxy) is 1. The highest BCUT2D eigenvalue weighted by molar-refractivity contribution is 7.94. The molecule has 0 saturated heterocycles. The largest absolute Gasteiger partial charge is 0.484 e. The molecule has 0 bridgehead atoms. The third-order valence-electron chi connectivity index (χ3n) is 4.29. The van der Waals surface area contributed by atoms with E-state index in [-0.39, 0.29) is 22.1 Å². The Kier molecular flexibility index (Phi) is 6.61. The molecule has 3 rings (SSSR count). The van der Waals surface area contributed by atoms with Gasteiger partial charge in [0.25, 0.3) is 15.9 Å². The van der Waals surface area contributed by atoms with Crippen LogP contribution in [0.1, 0.15) is 26.6 Å². The minimum atomic E-state index is -3.60. The zero-order chi connectivity index (χ0) is 22.6. The molecule has 2 aromatic heterocycles. The fraction of sp³-hybridized carbons (Fsp3) is 0.286. The fourth-order valence-corrected chi connectivity index (χ4v) is 4.92. The number of amides is 1. The second kappa shape index (κ2) is 9.03. The van der Waals surface area contributed by atoms with Crippen LogP contribution in [0.2, 0.25) is 0 Å². The van der Waals surface area contributed by atoms with Gasteiger partial charge in [0.2, 0.25) is 0 Å². The van der Waals surface area contributed by atoms with E-state index < -0.39 is 10.0 Å². The molecule has 2 heterocycles. The van der Waals surface area contributed by atoms with Gasteiger partial charge in [0, 0.05) is 12.5 Å². The molecular weight excluding hydrogens is 436 g/mol. The van der Waals surface area contributed by atoms with Gasteiger partial charge in [-0.05, 0) is 35.7 Å². The van der Waals surface area contributed by atoms with E-state index in [2.05, 4.69) is 15.3 Å². The van der Waals surface area contributed by atoms with Crippen LogP contribution in [-0.2, 0) is 20.2 Å². The van der Waals surface area contributed by atoms with Crippen LogP contribution in [0, 0.1) is 0 Å². The third-order valence-corrected chi connectivity index (χ3v) is 7.45. The first kappa shape index (κ1) is 22.7. The number of sulfonamides is 1. The Labute approximate surface area is 186 Å². The molecular formula is C21H24N4O4S2. The number of thiophene rings is 1. The number of hydrogen-bond donors (Lipinski definition) is 1. The van der Waals surface area contributed by atoms with Crippen molar-refractivity contribution in [2.75, 3.05) is 23.3 Å². The van der Waals surface area contributed by atoms with Crippen LogP contribution in [-0.4, -0.2) is 37.9 Å². The van der Waals surface area contributed by atoms with E-state index in [0.717, 1.165) is 11.3 Å². The van der Waals surface area contributed by atoms with Crippen LogP contribution >= 0.6 is 11.3 Å². The van der Waals surface area contributed by atoms with Gasteiger partial charge < -0.3 is 10.1 Å². The number of anilines is 2. The van der Waals surface area contributed by atoms with Crippen LogP contribution in [0.4, 0.5) is 11.4 Å². The lowest BCUT2D eigenvalue weighted by Gasteiger charge is -2.18. The van der Waals surface area contributed by atoms with Crippen molar-refractivity contribution in [2.45, 2.75) is 30.4 Å². The van der Waals surface area contributed by atoms with E-state index in [4.69, 9.17) is 4.74 Å². The summed E-state index contributed by atoms with van der Waals surface area (Å²) in [4.78, 5) is 20.7. The van der Waals surface area contributed by atoms with Crippen molar-refractivity contribution in [2.24, 2.45) is 0 Å². The van der Waals surface area contributed by atoms with Gasteiger partial charge in [0.15, 0.2) is 6.61 Å². The van der Waals surface area contributed by atoms with E-state index in [1.54, 1.807) is 54.2 Å². The van der Waals surface area contributed by atoms with E-state index in [0.29, 0.717) is 22.9 Å². The first-order valence-corrected chi connectivity index (χ1v) is 11.8. The van der Waals surface area contributed by atoms with Crippen LogP contribution in [0.25, 0.3) is 0 Å². The third kappa shape index (κ3) is 5.59. The number of rotatable bonds is 7. The average Bonchev–Trinajstić information content (AvgIpc) is 3.28. The summed E-state index contributed by atoms with van der Waals surface area (Å²) in [6.45, 7) is 5.82. The van der Waals surface area contributed by atoms with Gasteiger partial charge >= 0.3 is 0 Å². The lowest BCUT2D eigenvalue weighted by atomic mass is 9.96. The van der Waals surface area contributed by atoms with Gasteiger partial charge in [-0.1, -0.05) is 26.8 Å². The summed E-state index contributed by atoms with van der Waals surface area (Å²) in [7, 11) is -2.11. The fourth-order valence-electron chi connectivity index (χ4n) is 2.56. The monoisotopic (exact) mass is 460 g/mol. The van der Waals surface area contributed by atoms with Crippen molar-refractivity contribution < 1.29 is 17.9 Å². The lowest BCUT2D eigenvalue weighted by molar-refractivity contribution is -0.118. The normalized spacial score (nSPS) is 11.7. The summed E-state index contributed by atoms with van der Waals surface area (Å²) < 4.78 is 32.1. The number of benzene rings is 1. The molecule has 0 aliphatic rings. The van der Waals surface area contributed by atoms with Crippen LogP contribution in [0.15, 0.2) is 58.4 Å². The molecule has 10 heteroatoms. The first-order chi connectivity index (χ1) is 14.6. The molecule has 31 heavy (non-hydrogen) atoms. The van der Waals surface area contributed by atoms with Gasteiger partial charge in [0.05, 0.1) is 23.8 Å². The molecule has 1 aromatic carbocycles. The minimum absolute atomic E-state index is 0.172. The zero-order valence-corrected chi connectivity index (χ0v) is 19.3. The number of nitrogens with one attached hydrogen (secondary N) is 1. The van der Waals surface area contributed by atoms with Gasteiger partial charge in [-0.3, -0.25) is 9.10 Å². The van der Waals surface area contributed by atoms with E-state index in [9.17, 15) is 13.2 Å². The maximum absolute atomic E-state index is 12.6. The summed E-state index contributed by atoms with van der Waals surface area (Å²) >= 11 is 1.16. The number of aromatic nitrogens is 2. The first-order valence-electron chi connectivity index (χ1n) is 9.45. The highest BCUT2D eigenvalue weighted by atomic mass is 32.2. The van der Waals surface area contributed by atoms with Crippen molar-refractivity contribution in [3.63, 3.8) is 0 Å². The molecule has 8 nitrogen and oxygen atoms in total. The maximum Gasteiger partial charge on any atom is 0.273 e. The van der Waals surface area contributed by atoms with Crippen LogP contribution in [0.3, 0.4) is 0 Å². The Hall–Kier alpha value is -2.98.